The first-order valence-corrected chi connectivity index (χ1v) is 8.33. The topological polar surface area (TPSA) is 60.7 Å². The van der Waals surface area contributed by atoms with Crippen LogP contribution < -0.4 is 4.74 Å². The largest absolute Gasteiger partial charge is 0.497 e. The van der Waals surface area contributed by atoms with Crippen LogP contribution in [0.4, 0.5) is 0 Å². The van der Waals surface area contributed by atoms with Gasteiger partial charge in [0.15, 0.2) is 0 Å². The quantitative estimate of drug-likeness (QED) is 0.846. The van der Waals surface area contributed by atoms with Gasteiger partial charge in [0, 0.05) is 24.5 Å². The molecule has 128 valence electrons. The lowest BCUT2D eigenvalue weighted by Crippen LogP contribution is -2.18. The molecule has 0 bridgehead atoms. The zero-order valence-electron chi connectivity index (χ0n) is 13.9. The van der Waals surface area contributed by atoms with Crippen molar-refractivity contribution in [3.63, 3.8) is 0 Å². The average molecular weight is 329 g/mol. The summed E-state index contributed by atoms with van der Waals surface area (Å²) in [7, 11) is 1.65. The van der Waals surface area contributed by atoms with E-state index in [0.717, 1.165) is 48.7 Å². The number of carboxylic acid groups (broad SMARTS) is 1. The molecule has 0 amide bonds. The fourth-order valence-electron chi connectivity index (χ4n) is 3.18. The Morgan fingerprint density at radius 2 is 2.08 bits per heavy atom. The SMILES string of the molecule is COc1ccc(-c2ccc(CCC(=O)O)n2C[C@H]2CCCO2)cc1. The van der Waals surface area contributed by atoms with Crippen LogP contribution in [-0.4, -0.2) is 35.5 Å². The maximum Gasteiger partial charge on any atom is 0.303 e. The van der Waals surface area contributed by atoms with Crippen molar-refractivity contribution < 1.29 is 19.4 Å². The molecular weight excluding hydrogens is 306 g/mol. The highest BCUT2D eigenvalue weighted by molar-refractivity contribution is 5.67. The van der Waals surface area contributed by atoms with E-state index in [0.29, 0.717) is 6.42 Å². The van der Waals surface area contributed by atoms with Gasteiger partial charge in [0.1, 0.15) is 5.75 Å². The molecule has 24 heavy (non-hydrogen) atoms. The van der Waals surface area contributed by atoms with Crippen LogP contribution in [0.5, 0.6) is 5.75 Å². The third kappa shape index (κ3) is 3.79. The fourth-order valence-corrected chi connectivity index (χ4v) is 3.18. The summed E-state index contributed by atoms with van der Waals surface area (Å²) in [5.74, 6) is 0.0490. The third-order valence-electron chi connectivity index (χ3n) is 4.46. The Labute approximate surface area is 141 Å². The zero-order valence-corrected chi connectivity index (χ0v) is 13.9. The fraction of sp³-hybridized carbons (Fsp3) is 0.421. The van der Waals surface area contributed by atoms with Gasteiger partial charge in [-0.2, -0.15) is 0 Å². The van der Waals surface area contributed by atoms with Crippen LogP contribution in [0.2, 0.25) is 0 Å². The van der Waals surface area contributed by atoms with E-state index in [-0.39, 0.29) is 12.5 Å². The van der Waals surface area contributed by atoms with Crippen LogP contribution in [0.15, 0.2) is 36.4 Å². The maximum atomic E-state index is 10.9. The van der Waals surface area contributed by atoms with Gasteiger partial charge >= 0.3 is 5.97 Å². The lowest BCUT2D eigenvalue weighted by atomic mass is 10.1. The van der Waals surface area contributed by atoms with Crippen LogP contribution in [0.3, 0.4) is 0 Å². The molecule has 5 nitrogen and oxygen atoms in total. The monoisotopic (exact) mass is 329 g/mol. The number of aryl methyl sites for hydroxylation is 1. The standard InChI is InChI=1S/C19H23NO4/c1-23-16-8-4-14(5-9-16)18-10-6-15(7-11-19(21)22)20(18)13-17-3-2-12-24-17/h4-6,8-10,17H,2-3,7,11-13H2,1H3,(H,21,22)/t17-/m1/s1. The van der Waals surface area contributed by atoms with Crippen molar-refractivity contribution in [2.45, 2.75) is 38.3 Å². The Hall–Kier alpha value is -2.27. The lowest BCUT2D eigenvalue weighted by Gasteiger charge is -2.17. The van der Waals surface area contributed by atoms with E-state index >= 15 is 0 Å². The average Bonchev–Trinajstić information content (AvgIpc) is 3.23. The molecule has 0 radical (unpaired) electrons. The molecule has 0 aliphatic carbocycles. The van der Waals surface area contributed by atoms with Crippen LogP contribution in [0.1, 0.15) is 25.0 Å². The second-order valence-electron chi connectivity index (χ2n) is 6.08. The van der Waals surface area contributed by atoms with E-state index in [1.54, 1.807) is 7.11 Å². The number of ether oxygens (including phenoxy) is 2. The van der Waals surface area contributed by atoms with E-state index in [1.807, 2.05) is 30.3 Å². The second kappa shape index (κ2) is 7.53. The van der Waals surface area contributed by atoms with Gasteiger partial charge in [-0.05, 0) is 61.2 Å². The molecule has 2 aromatic rings. The van der Waals surface area contributed by atoms with Crippen LogP contribution in [0, 0.1) is 0 Å². The minimum atomic E-state index is -0.772. The number of aliphatic carboxylic acids is 1. The summed E-state index contributed by atoms with van der Waals surface area (Å²) < 4.78 is 13.2. The molecule has 0 spiro atoms. The number of aromatic nitrogens is 1. The Bertz CT molecular complexity index is 684. The summed E-state index contributed by atoms with van der Waals surface area (Å²) in [6.07, 6.45) is 3.01. The van der Waals surface area contributed by atoms with Gasteiger partial charge < -0.3 is 19.1 Å². The van der Waals surface area contributed by atoms with Crippen LogP contribution in [0.25, 0.3) is 11.3 Å². The van der Waals surface area contributed by atoms with Gasteiger partial charge in [0.2, 0.25) is 0 Å². The number of nitrogens with zero attached hydrogens (tertiary/aromatic N) is 1. The summed E-state index contributed by atoms with van der Waals surface area (Å²) >= 11 is 0. The molecule has 5 heteroatoms. The molecule has 1 aliphatic rings. The first kappa shape index (κ1) is 16.6. The first-order chi connectivity index (χ1) is 11.7. The van der Waals surface area contributed by atoms with Crippen molar-refractivity contribution in [3.8, 4) is 17.0 Å². The van der Waals surface area contributed by atoms with Crippen LogP contribution >= 0.6 is 0 Å². The Morgan fingerprint density at radius 3 is 2.71 bits per heavy atom. The highest BCUT2D eigenvalue weighted by Crippen LogP contribution is 2.27. The number of methoxy groups -OCH3 is 1. The summed E-state index contributed by atoms with van der Waals surface area (Å²) in [6.45, 7) is 1.58. The molecule has 1 saturated heterocycles. The molecule has 0 unspecified atom stereocenters. The van der Waals surface area contributed by atoms with Crippen molar-refractivity contribution in [2.75, 3.05) is 13.7 Å². The summed E-state index contributed by atoms with van der Waals surface area (Å²) in [5.41, 5.74) is 3.22. The predicted molar refractivity (Wildman–Crippen MR) is 91.4 cm³/mol. The molecule has 0 saturated carbocycles. The third-order valence-corrected chi connectivity index (χ3v) is 4.46. The molecule has 1 aromatic heterocycles. The van der Waals surface area contributed by atoms with Crippen LogP contribution in [-0.2, 0) is 22.5 Å². The highest BCUT2D eigenvalue weighted by Gasteiger charge is 2.20. The van der Waals surface area contributed by atoms with Gasteiger partial charge in [-0.15, -0.1) is 0 Å². The molecular formula is C19H23NO4. The number of carboxylic acids is 1. The number of carbonyl (C=O) groups is 1. The first-order valence-electron chi connectivity index (χ1n) is 8.33. The van der Waals surface area contributed by atoms with Gasteiger partial charge in [-0.1, -0.05) is 0 Å². The van der Waals surface area contributed by atoms with Crippen molar-refractivity contribution >= 4 is 5.97 Å². The van der Waals surface area contributed by atoms with Gasteiger partial charge in [0.25, 0.3) is 0 Å². The number of hydrogen-bond donors (Lipinski definition) is 1. The molecule has 1 atom stereocenters. The molecule has 1 aliphatic heterocycles. The Kier molecular flexibility index (Phi) is 5.20. The van der Waals surface area contributed by atoms with E-state index in [9.17, 15) is 4.79 Å². The van der Waals surface area contributed by atoms with Crippen molar-refractivity contribution in [1.82, 2.24) is 4.57 Å². The smallest absolute Gasteiger partial charge is 0.303 e. The summed E-state index contributed by atoms with van der Waals surface area (Å²) in [6, 6.07) is 12.0. The second-order valence-corrected chi connectivity index (χ2v) is 6.08. The molecule has 1 N–H and O–H groups in total. The lowest BCUT2D eigenvalue weighted by molar-refractivity contribution is -0.136. The minimum absolute atomic E-state index is 0.136. The van der Waals surface area contributed by atoms with Crippen molar-refractivity contribution in [2.24, 2.45) is 0 Å². The molecule has 1 aromatic carbocycles. The van der Waals surface area contributed by atoms with Crippen molar-refractivity contribution in [1.29, 1.82) is 0 Å². The number of benzene rings is 1. The van der Waals surface area contributed by atoms with Gasteiger partial charge in [-0.3, -0.25) is 4.79 Å². The Morgan fingerprint density at radius 1 is 1.29 bits per heavy atom. The normalized spacial score (nSPS) is 17.1. The van der Waals surface area contributed by atoms with E-state index in [2.05, 4.69) is 10.6 Å². The van der Waals surface area contributed by atoms with Crippen molar-refractivity contribution in [3.05, 3.63) is 42.1 Å². The van der Waals surface area contributed by atoms with E-state index in [4.69, 9.17) is 14.6 Å². The molecule has 1 fully saturated rings. The zero-order chi connectivity index (χ0) is 16.9. The van der Waals surface area contributed by atoms with E-state index in [1.165, 1.54) is 0 Å². The van der Waals surface area contributed by atoms with Gasteiger partial charge in [-0.25, -0.2) is 0 Å². The summed E-state index contributed by atoms with van der Waals surface area (Å²) in [5, 5.41) is 8.98. The van der Waals surface area contributed by atoms with E-state index < -0.39 is 5.97 Å². The molecule has 2 heterocycles. The number of rotatable bonds is 7. The number of hydrogen-bond acceptors (Lipinski definition) is 3. The highest BCUT2D eigenvalue weighted by atomic mass is 16.5. The maximum absolute atomic E-state index is 10.9. The summed E-state index contributed by atoms with van der Waals surface area (Å²) in [4.78, 5) is 10.9. The molecule has 3 rings (SSSR count). The Balaban J connectivity index is 1.89. The van der Waals surface area contributed by atoms with Gasteiger partial charge in [0.05, 0.1) is 19.6 Å². The minimum Gasteiger partial charge on any atom is -0.497 e. The predicted octanol–water partition coefficient (Wildman–Crippen LogP) is 3.36.